The van der Waals surface area contributed by atoms with E-state index in [2.05, 4.69) is 27.5 Å². The molecule has 0 unspecified atom stereocenters. The molecule has 1 N–H and O–H groups in total. The highest BCUT2D eigenvalue weighted by atomic mass is 16.2. The van der Waals surface area contributed by atoms with Crippen LogP contribution in [0.2, 0.25) is 0 Å². The van der Waals surface area contributed by atoms with Crippen LogP contribution in [0, 0.1) is 0 Å². The zero-order valence-corrected chi connectivity index (χ0v) is 14.5. The highest BCUT2D eigenvalue weighted by Gasteiger charge is 2.30. The van der Waals surface area contributed by atoms with Crippen molar-refractivity contribution in [1.82, 2.24) is 19.7 Å². The number of hydrogen-bond acceptors (Lipinski definition) is 3. The lowest BCUT2D eigenvalue weighted by atomic mass is 10.1. The van der Waals surface area contributed by atoms with Crippen molar-refractivity contribution in [3.8, 4) is 0 Å². The fourth-order valence-electron chi connectivity index (χ4n) is 3.41. The van der Waals surface area contributed by atoms with Crippen molar-refractivity contribution in [3.63, 3.8) is 0 Å². The minimum atomic E-state index is -0.103. The fourth-order valence-corrected chi connectivity index (χ4v) is 3.41. The van der Waals surface area contributed by atoms with Gasteiger partial charge in [-0.05, 0) is 36.1 Å². The summed E-state index contributed by atoms with van der Waals surface area (Å²) in [6.45, 7) is 1.43. The summed E-state index contributed by atoms with van der Waals surface area (Å²) < 4.78 is 1.83. The maximum atomic E-state index is 12.7. The summed E-state index contributed by atoms with van der Waals surface area (Å²) in [5.74, 6) is 0.575. The van der Waals surface area contributed by atoms with Crippen LogP contribution in [-0.2, 0) is 6.54 Å². The summed E-state index contributed by atoms with van der Waals surface area (Å²) in [4.78, 5) is 18.7. The van der Waals surface area contributed by atoms with Gasteiger partial charge in [0.25, 0.3) is 0 Å². The van der Waals surface area contributed by atoms with Crippen molar-refractivity contribution in [2.45, 2.75) is 25.4 Å². The predicted molar refractivity (Wildman–Crippen MR) is 99.7 cm³/mol. The Morgan fingerprint density at radius 2 is 1.92 bits per heavy atom. The number of aromatic nitrogens is 3. The van der Waals surface area contributed by atoms with Crippen LogP contribution in [0.25, 0.3) is 0 Å². The first-order valence-corrected chi connectivity index (χ1v) is 8.84. The molecule has 3 heterocycles. The van der Waals surface area contributed by atoms with Gasteiger partial charge in [0, 0.05) is 31.2 Å². The largest absolute Gasteiger partial charge is 0.323 e. The first kappa shape index (κ1) is 16.3. The third-order valence-corrected chi connectivity index (χ3v) is 4.67. The monoisotopic (exact) mass is 347 g/mol. The molecule has 6 heteroatoms. The van der Waals surface area contributed by atoms with E-state index in [0.717, 1.165) is 24.9 Å². The van der Waals surface area contributed by atoms with Gasteiger partial charge in [0.15, 0.2) is 5.82 Å². The van der Waals surface area contributed by atoms with Crippen molar-refractivity contribution >= 4 is 11.8 Å². The first-order valence-electron chi connectivity index (χ1n) is 8.84. The van der Waals surface area contributed by atoms with Gasteiger partial charge in [-0.1, -0.05) is 30.3 Å². The lowest BCUT2D eigenvalue weighted by Gasteiger charge is -2.24. The molecule has 0 bridgehead atoms. The molecule has 3 aromatic rings. The molecule has 0 spiro atoms. The van der Waals surface area contributed by atoms with Gasteiger partial charge in [-0.2, -0.15) is 5.10 Å². The molecule has 132 valence electrons. The zero-order chi connectivity index (χ0) is 17.8. The molecule has 1 atom stereocenters. The van der Waals surface area contributed by atoms with Crippen LogP contribution >= 0.6 is 0 Å². The quantitative estimate of drug-likeness (QED) is 0.783. The SMILES string of the molecule is O=C(Nc1ccn(Cc2ccccc2)n1)N1CCC[C@H]1c1ccncc1. The molecule has 26 heavy (non-hydrogen) atoms. The Kier molecular flexibility index (Phi) is 4.64. The molecule has 0 radical (unpaired) electrons. The number of pyridine rings is 1. The molecule has 6 nitrogen and oxygen atoms in total. The second-order valence-electron chi connectivity index (χ2n) is 6.45. The number of nitrogens with one attached hydrogen (secondary N) is 1. The topological polar surface area (TPSA) is 63.1 Å². The summed E-state index contributed by atoms with van der Waals surface area (Å²) >= 11 is 0. The number of urea groups is 1. The van der Waals surface area contributed by atoms with E-state index in [-0.39, 0.29) is 12.1 Å². The summed E-state index contributed by atoms with van der Waals surface area (Å²) in [7, 11) is 0. The molecule has 1 aliphatic heterocycles. The number of hydrogen-bond donors (Lipinski definition) is 1. The van der Waals surface area contributed by atoms with Crippen molar-refractivity contribution in [2.24, 2.45) is 0 Å². The molecular weight excluding hydrogens is 326 g/mol. The number of benzene rings is 1. The molecule has 4 rings (SSSR count). The van der Waals surface area contributed by atoms with E-state index in [1.54, 1.807) is 12.4 Å². The Labute approximate surface area is 152 Å². The summed E-state index contributed by atoms with van der Waals surface area (Å²) in [6, 6.07) is 15.9. The van der Waals surface area contributed by atoms with Crippen LogP contribution in [0.1, 0.15) is 30.0 Å². The minimum absolute atomic E-state index is 0.101. The van der Waals surface area contributed by atoms with Crippen molar-refractivity contribution in [3.05, 3.63) is 78.2 Å². The normalized spacial score (nSPS) is 16.6. The van der Waals surface area contributed by atoms with Crippen molar-refractivity contribution in [1.29, 1.82) is 0 Å². The average Bonchev–Trinajstić information content (AvgIpc) is 3.33. The van der Waals surface area contributed by atoms with Crippen LogP contribution in [0.4, 0.5) is 10.6 Å². The number of rotatable bonds is 4. The number of anilines is 1. The van der Waals surface area contributed by atoms with E-state index >= 15 is 0 Å². The van der Waals surface area contributed by atoms with Crippen LogP contribution in [0.3, 0.4) is 0 Å². The van der Waals surface area contributed by atoms with E-state index in [1.807, 2.05) is 52.2 Å². The molecule has 0 saturated carbocycles. The zero-order valence-electron chi connectivity index (χ0n) is 14.5. The number of nitrogens with zero attached hydrogens (tertiary/aromatic N) is 4. The smallest absolute Gasteiger partial charge is 0.317 e. The molecule has 1 aliphatic rings. The Bertz CT molecular complexity index is 862. The van der Waals surface area contributed by atoms with Gasteiger partial charge in [0.1, 0.15) is 0 Å². The van der Waals surface area contributed by atoms with Crippen LogP contribution < -0.4 is 5.32 Å². The lowest BCUT2D eigenvalue weighted by molar-refractivity contribution is 0.207. The Morgan fingerprint density at radius 1 is 1.12 bits per heavy atom. The van der Waals surface area contributed by atoms with E-state index in [9.17, 15) is 4.79 Å². The van der Waals surface area contributed by atoms with E-state index in [1.165, 1.54) is 5.56 Å². The second kappa shape index (κ2) is 7.39. The Morgan fingerprint density at radius 3 is 2.73 bits per heavy atom. The maximum absolute atomic E-state index is 12.7. The second-order valence-corrected chi connectivity index (χ2v) is 6.45. The van der Waals surface area contributed by atoms with Crippen LogP contribution in [-0.4, -0.2) is 32.2 Å². The summed E-state index contributed by atoms with van der Waals surface area (Å²) in [6.07, 6.45) is 7.40. The molecule has 1 fully saturated rings. The van der Waals surface area contributed by atoms with Crippen molar-refractivity contribution in [2.75, 3.05) is 11.9 Å². The average molecular weight is 347 g/mol. The van der Waals surface area contributed by atoms with E-state index < -0.39 is 0 Å². The lowest BCUT2D eigenvalue weighted by Crippen LogP contribution is -2.34. The van der Waals surface area contributed by atoms with Gasteiger partial charge in [-0.3, -0.25) is 15.0 Å². The molecular formula is C20H21N5O. The van der Waals surface area contributed by atoms with Gasteiger partial charge in [-0.15, -0.1) is 0 Å². The molecule has 2 amide bonds. The van der Waals surface area contributed by atoms with Gasteiger partial charge < -0.3 is 4.90 Å². The standard InChI is InChI=1S/C20H21N5O/c26-20(25-13-4-7-18(25)17-8-11-21-12-9-17)22-19-10-14-24(23-19)15-16-5-2-1-3-6-16/h1-3,5-6,8-12,14,18H,4,7,13,15H2,(H,22,23,26)/t18-/m0/s1. The predicted octanol–water partition coefficient (Wildman–Crippen LogP) is 3.70. The maximum Gasteiger partial charge on any atom is 0.323 e. The Hall–Kier alpha value is -3.15. The number of amides is 2. The molecule has 0 aliphatic carbocycles. The van der Waals surface area contributed by atoms with Crippen molar-refractivity contribution < 1.29 is 4.79 Å². The third-order valence-electron chi connectivity index (χ3n) is 4.67. The molecule has 1 aromatic carbocycles. The summed E-state index contributed by atoms with van der Waals surface area (Å²) in [5.41, 5.74) is 2.30. The Balaban J connectivity index is 1.42. The van der Waals surface area contributed by atoms with Crippen LogP contribution in [0.15, 0.2) is 67.1 Å². The third kappa shape index (κ3) is 3.59. The fraction of sp³-hybridized carbons (Fsp3) is 0.250. The van der Waals surface area contributed by atoms with Gasteiger partial charge in [0.05, 0.1) is 12.6 Å². The highest BCUT2D eigenvalue weighted by Crippen LogP contribution is 2.31. The molecule has 2 aromatic heterocycles. The van der Waals surface area contributed by atoms with Gasteiger partial charge in [-0.25, -0.2) is 4.79 Å². The highest BCUT2D eigenvalue weighted by molar-refractivity contribution is 5.88. The van der Waals surface area contributed by atoms with Crippen LogP contribution in [0.5, 0.6) is 0 Å². The first-order chi connectivity index (χ1) is 12.8. The minimum Gasteiger partial charge on any atom is -0.317 e. The van der Waals surface area contributed by atoms with E-state index in [4.69, 9.17) is 0 Å². The number of carbonyl (C=O) groups excluding carboxylic acids is 1. The number of carbonyl (C=O) groups is 1. The molecule has 1 saturated heterocycles. The van der Waals surface area contributed by atoms with Gasteiger partial charge >= 0.3 is 6.03 Å². The summed E-state index contributed by atoms with van der Waals surface area (Å²) in [5, 5.41) is 7.39. The number of likely N-dealkylation sites (tertiary alicyclic amines) is 1. The van der Waals surface area contributed by atoms with E-state index in [0.29, 0.717) is 12.4 Å². The van der Waals surface area contributed by atoms with Gasteiger partial charge in [0.2, 0.25) is 0 Å².